The third-order valence-corrected chi connectivity index (χ3v) is 6.61. The van der Waals surface area contributed by atoms with E-state index in [9.17, 15) is 0 Å². The van der Waals surface area contributed by atoms with E-state index in [1.807, 2.05) is 6.55 Å². The molecule has 0 spiro atoms. The van der Waals surface area contributed by atoms with Crippen LogP contribution in [0.15, 0.2) is 0 Å². The predicted octanol–water partition coefficient (Wildman–Crippen LogP) is 4.90. The minimum absolute atomic E-state index is 0.540. The lowest BCUT2D eigenvalue weighted by Crippen LogP contribution is -2.19. The summed E-state index contributed by atoms with van der Waals surface area (Å²) in [6, 6.07) is 0. The van der Waals surface area contributed by atoms with E-state index in [1.54, 1.807) is 0 Å². The van der Waals surface area contributed by atoms with Gasteiger partial charge in [-0.15, -0.1) is 22.2 Å². The molecular weight excluding hydrogens is 207 g/mol. The van der Waals surface area contributed by atoms with Gasteiger partial charge >= 0.3 is 0 Å². The summed E-state index contributed by atoms with van der Waals surface area (Å²) >= 11 is 12.2. The van der Waals surface area contributed by atoms with Crippen molar-refractivity contribution in [3.05, 3.63) is 0 Å². The van der Waals surface area contributed by atoms with Gasteiger partial charge in [-0.2, -0.15) is 0 Å². The molecule has 12 heavy (non-hydrogen) atoms. The first-order chi connectivity index (χ1) is 5.48. The zero-order valence-corrected chi connectivity index (χ0v) is 10.9. The van der Waals surface area contributed by atoms with Gasteiger partial charge in [-0.05, 0) is 12.1 Å². The van der Waals surface area contributed by atoms with Crippen LogP contribution in [-0.4, -0.2) is 6.69 Å². The molecule has 0 heterocycles. The first-order valence-corrected chi connectivity index (χ1v) is 9.46. The monoisotopic (exact) mass is 226 g/mol. The van der Waals surface area contributed by atoms with Crippen LogP contribution in [0, 0.1) is 0 Å². The van der Waals surface area contributed by atoms with Gasteiger partial charge < -0.3 is 0 Å². The van der Waals surface area contributed by atoms with Gasteiger partial charge in [0.1, 0.15) is 0 Å². The Labute approximate surface area is 87.1 Å². The normalized spacial score (nSPS) is 14.8. The summed E-state index contributed by atoms with van der Waals surface area (Å²) in [6.07, 6.45) is 6.46. The molecule has 1 atom stereocenters. The maximum atomic E-state index is 6.10. The molecule has 74 valence electrons. The van der Waals surface area contributed by atoms with E-state index in [2.05, 4.69) is 13.8 Å². The summed E-state index contributed by atoms with van der Waals surface area (Å²) < 4.78 is 0. The molecule has 0 saturated carbocycles. The molecular formula is C9H20Cl2Si. The van der Waals surface area contributed by atoms with E-state index >= 15 is 0 Å². The number of unbranched alkanes of at least 4 members (excludes halogenated alkanes) is 3. The lowest BCUT2D eigenvalue weighted by Gasteiger charge is -2.19. The van der Waals surface area contributed by atoms with Crippen molar-refractivity contribution >= 4 is 28.9 Å². The van der Waals surface area contributed by atoms with Gasteiger partial charge in [0.25, 0.3) is 6.69 Å². The molecule has 0 aliphatic heterocycles. The summed E-state index contributed by atoms with van der Waals surface area (Å²) in [5.41, 5.74) is 0.540. The second-order valence-corrected chi connectivity index (χ2v) is 11.9. The average molecular weight is 227 g/mol. The molecule has 0 nitrogen and oxygen atoms in total. The maximum Gasteiger partial charge on any atom is 0.251 e. The molecule has 0 amide bonds. The van der Waals surface area contributed by atoms with Crippen molar-refractivity contribution in [2.45, 2.75) is 58.0 Å². The van der Waals surface area contributed by atoms with Gasteiger partial charge in [-0.25, -0.2) is 0 Å². The Morgan fingerprint density at radius 3 is 2.17 bits per heavy atom. The van der Waals surface area contributed by atoms with E-state index in [0.29, 0.717) is 5.54 Å². The predicted molar refractivity (Wildman–Crippen MR) is 61.5 cm³/mol. The quantitative estimate of drug-likeness (QED) is 0.344. The second kappa shape index (κ2) is 6.28. The van der Waals surface area contributed by atoms with Crippen molar-refractivity contribution in [2.24, 2.45) is 0 Å². The third kappa shape index (κ3) is 6.33. The number of rotatable bonds is 6. The van der Waals surface area contributed by atoms with Gasteiger partial charge in [0.05, 0.1) is 0 Å². The molecule has 0 aromatic rings. The van der Waals surface area contributed by atoms with Gasteiger partial charge in [0, 0.05) is 0 Å². The molecule has 0 bridgehead atoms. The van der Waals surface area contributed by atoms with Crippen LogP contribution >= 0.6 is 22.2 Å². The van der Waals surface area contributed by atoms with Crippen LogP contribution in [0.3, 0.4) is 0 Å². The average Bonchev–Trinajstić information content (AvgIpc) is 1.96. The van der Waals surface area contributed by atoms with Crippen molar-refractivity contribution in [3.8, 4) is 0 Å². The van der Waals surface area contributed by atoms with E-state index in [0.717, 1.165) is 0 Å². The van der Waals surface area contributed by atoms with Crippen molar-refractivity contribution in [2.75, 3.05) is 0 Å². The fourth-order valence-corrected chi connectivity index (χ4v) is 2.50. The Balaban J connectivity index is 3.38. The highest BCUT2D eigenvalue weighted by molar-refractivity contribution is 7.45. The van der Waals surface area contributed by atoms with Crippen molar-refractivity contribution in [1.82, 2.24) is 0 Å². The number of hydrogen-bond donors (Lipinski definition) is 0. The number of halogens is 2. The zero-order chi connectivity index (χ0) is 9.61. The lowest BCUT2D eigenvalue weighted by atomic mass is 10.1. The molecule has 0 fully saturated rings. The lowest BCUT2D eigenvalue weighted by molar-refractivity contribution is 0.620. The fraction of sp³-hybridized carbons (Fsp3) is 1.00. The van der Waals surface area contributed by atoms with Crippen LogP contribution < -0.4 is 0 Å². The van der Waals surface area contributed by atoms with Gasteiger partial charge in [0.2, 0.25) is 0 Å². The van der Waals surface area contributed by atoms with Gasteiger partial charge in [-0.1, -0.05) is 46.0 Å². The van der Waals surface area contributed by atoms with Crippen molar-refractivity contribution < 1.29 is 0 Å². The van der Waals surface area contributed by atoms with Gasteiger partial charge in [0.15, 0.2) is 0 Å². The van der Waals surface area contributed by atoms with Crippen molar-refractivity contribution in [3.63, 3.8) is 0 Å². The molecule has 3 heteroatoms. The molecule has 0 aromatic heterocycles. The minimum atomic E-state index is -1.88. The highest BCUT2D eigenvalue weighted by Gasteiger charge is 2.28. The van der Waals surface area contributed by atoms with Crippen LogP contribution in [0.1, 0.15) is 46.0 Å². The van der Waals surface area contributed by atoms with Crippen LogP contribution in [-0.2, 0) is 0 Å². The Kier molecular flexibility index (Phi) is 6.70. The summed E-state index contributed by atoms with van der Waals surface area (Å²) in [7, 11) is 0. The summed E-state index contributed by atoms with van der Waals surface area (Å²) in [5.74, 6) is 0. The zero-order valence-electron chi connectivity index (χ0n) is 8.37. The maximum absolute atomic E-state index is 6.10. The van der Waals surface area contributed by atoms with Crippen LogP contribution in [0.4, 0.5) is 0 Å². The third-order valence-electron chi connectivity index (χ3n) is 2.36. The Morgan fingerprint density at radius 1 is 1.17 bits per heavy atom. The second-order valence-electron chi connectivity index (χ2n) is 3.71. The molecule has 1 unspecified atom stereocenters. The highest BCUT2D eigenvalue weighted by Crippen LogP contribution is 2.33. The summed E-state index contributed by atoms with van der Waals surface area (Å²) in [6.45, 7) is 4.54. The molecule has 0 rings (SSSR count). The topological polar surface area (TPSA) is 0 Å². The van der Waals surface area contributed by atoms with E-state index in [1.165, 1.54) is 32.1 Å². The fourth-order valence-electron chi connectivity index (χ4n) is 1.13. The Morgan fingerprint density at radius 2 is 1.75 bits per heavy atom. The minimum Gasteiger partial charge on any atom is -0.146 e. The van der Waals surface area contributed by atoms with Crippen LogP contribution in [0.5, 0.6) is 0 Å². The standard InChI is InChI=1S/C9H20Cl2Si/c1-4-5-6-7-8-9(2)12(3,10)11/h9H,4-8H2,1-3H3. The van der Waals surface area contributed by atoms with Crippen molar-refractivity contribution in [1.29, 1.82) is 0 Å². The smallest absolute Gasteiger partial charge is 0.146 e. The van der Waals surface area contributed by atoms with Crippen LogP contribution in [0.2, 0.25) is 12.1 Å². The molecule has 0 aliphatic rings. The van der Waals surface area contributed by atoms with E-state index in [-0.39, 0.29) is 0 Å². The van der Waals surface area contributed by atoms with E-state index < -0.39 is 6.69 Å². The molecule has 0 saturated heterocycles. The first kappa shape index (κ1) is 12.8. The molecule has 0 aliphatic carbocycles. The summed E-state index contributed by atoms with van der Waals surface area (Å²) in [4.78, 5) is 0. The largest absolute Gasteiger partial charge is 0.251 e. The Bertz CT molecular complexity index is 110. The molecule has 0 N–H and O–H groups in total. The molecule has 0 radical (unpaired) electrons. The molecule has 0 aromatic carbocycles. The van der Waals surface area contributed by atoms with Crippen LogP contribution in [0.25, 0.3) is 0 Å². The SMILES string of the molecule is CCCCCCC(C)[Si](C)(Cl)Cl. The van der Waals surface area contributed by atoms with Gasteiger partial charge in [-0.3, -0.25) is 0 Å². The first-order valence-electron chi connectivity index (χ1n) is 4.86. The summed E-state index contributed by atoms with van der Waals surface area (Å²) in [5, 5.41) is 0. The number of hydrogen-bond acceptors (Lipinski definition) is 0. The van der Waals surface area contributed by atoms with E-state index in [4.69, 9.17) is 22.2 Å². The Hall–Kier alpha value is 0.797. The highest BCUT2D eigenvalue weighted by atomic mass is 35.7.